The van der Waals surface area contributed by atoms with Gasteiger partial charge in [0, 0.05) is 12.1 Å². The highest BCUT2D eigenvalue weighted by molar-refractivity contribution is 4.83. The van der Waals surface area contributed by atoms with Crippen LogP contribution in [0.15, 0.2) is 0 Å². The van der Waals surface area contributed by atoms with Gasteiger partial charge in [0.25, 0.3) is 0 Å². The first kappa shape index (κ1) is 12.4. The van der Waals surface area contributed by atoms with Gasteiger partial charge < -0.3 is 5.32 Å². The molecule has 0 aromatic heterocycles. The van der Waals surface area contributed by atoms with Crippen LogP contribution in [-0.4, -0.2) is 12.1 Å². The summed E-state index contributed by atoms with van der Waals surface area (Å²) in [5.74, 6) is 2.00. The summed E-state index contributed by atoms with van der Waals surface area (Å²) >= 11 is 0. The topological polar surface area (TPSA) is 12.0 Å². The summed E-state index contributed by atoms with van der Waals surface area (Å²) in [7, 11) is 0. The summed E-state index contributed by atoms with van der Waals surface area (Å²) in [6, 6.07) is 1.60. The van der Waals surface area contributed by atoms with Crippen molar-refractivity contribution in [3.8, 4) is 0 Å². The quantitative estimate of drug-likeness (QED) is 0.756. The molecule has 1 nitrogen and oxygen atoms in total. The van der Waals surface area contributed by atoms with Gasteiger partial charge >= 0.3 is 0 Å². The molecule has 0 saturated heterocycles. The normalized spacial score (nSPS) is 34.1. The van der Waals surface area contributed by atoms with Crippen molar-refractivity contribution < 1.29 is 0 Å². The number of hydrogen-bond donors (Lipinski definition) is 1. The zero-order chi connectivity index (χ0) is 11.4. The summed E-state index contributed by atoms with van der Waals surface area (Å²) < 4.78 is 0. The van der Waals surface area contributed by atoms with Crippen LogP contribution >= 0.6 is 0 Å². The van der Waals surface area contributed by atoms with Crippen LogP contribution in [0.25, 0.3) is 0 Å². The van der Waals surface area contributed by atoms with E-state index in [4.69, 9.17) is 0 Å². The van der Waals surface area contributed by atoms with Crippen LogP contribution in [0.5, 0.6) is 0 Å². The summed E-state index contributed by atoms with van der Waals surface area (Å²) in [5, 5.41) is 3.91. The number of nitrogens with one attached hydrogen (secondary N) is 1. The van der Waals surface area contributed by atoms with Crippen LogP contribution in [0.2, 0.25) is 0 Å². The predicted octanol–water partition coefficient (Wildman–Crippen LogP) is 4.12. The molecule has 16 heavy (non-hydrogen) atoms. The largest absolute Gasteiger partial charge is 0.311 e. The highest BCUT2D eigenvalue weighted by atomic mass is 15.0. The van der Waals surface area contributed by atoms with E-state index >= 15 is 0 Å². The second-order valence-corrected chi connectivity index (χ2v) is 6.13. The van der Waals surface area contributed by atoms with Crippen LogP contribution in [0.3, 0.4) is 0 Å². The molecule has 0 aromatic rings. The molecule has 2 saturated carbocycles. The van der Waals surface area contributed by atoms with Gasteiger partial charge in [0.1, 0.15) is 0 Å². The van der Waals surface area contributed by atoms with Crippen molar-refractivity contribution >= 4 is 0 Å². The van der Waals surface area contributed by atoms with Gasteiger partial charge in [-0.3, -0.25) is 0 Å². The lowest BCUT2D eigenvalue weighted by Crippen LogP contribution is -2.42. The first-order chi connectivity index (χ1) is 7.79. The molecule has 2 aliphatic rings. The first-order valence-electron chi connectivity index (χ1n) is 7.55. The van der Waals surface area contributed by atoms with E-state index < -0.39 is 0 Å². The SMILES string of the molecule is CCC1CCC(NC(C)C2CCCC2)CC1. The molecule has 0 amide bonds. The molecule has 0 bridgehead atoms. The summed E-state index contributed by atoms with van der Waals surface area (Å²) in [4.78, 5) is 0. The van der Waals surface area contributed by atoms with Crippen LogP contribution in [-0.2, 0) is 0 Å². The Morgan fingerprint density at radius 2 is 1.62 bits per heavy atom. The van der Waals surface area contributed by atoms with Crippen molar-refractivity contribution in [1.82, 2.24) is 5.32 Å². The molecule has 0 aliphatic heterocycles. The van der Waals surface area contributed by atoms with Crippen LogP contribution < -0.4 is 5.32 Å². The molecule has 94 valence electrons. The Morgan fingerprint density at radius 3 is 2.19 bits per heavy atom. The molecular weight excluding hydrogens is 194 g/mol. The summed E-state index contributed by atoms with van der Waals surface area (Å²) in [6.45, 7) is 4.77. The van der Waals surface area contributed by atoms with Crippen LogP contribution in [0.1, 0.15) is 71.6 Å². The van der Waals surface area contributed by atoms with E-state index in [0.717, 1.165) is 23.9 Å². The van der Waals surface area contributed by atoms with Gasteiger partial charge in [-0.2, -0.15) is 0 Å². The maximum Gasteiger partial charge on any atom is 0.00698 e. The fourth-order valence-electron chi connectivity index (χ4n) is 3.70. The Balaban J connectivity index is 1.69. The van der Waals surface area contributed by atoms with E-state index in [0.29, 0.717) is 0 Å². The number of rotatable bonds is 4. The highest BCUT2D eigenvalue weighted by Gasteiger charge is 2.25. The zero-order valence-corrected chi connectivity index (χ0v) is 11.2. The standard InChI is InChI=1S/C15H29N/c1-3-13-8-10-15(11-9-13)16-12(2)14-6-4-5-7-14/h12-16H,3-11H2,1-2H3. The molecule has 1 unspecified atom stereocenters. The van der Waals surface area contributed by atoms with E-state index in [1.165, 1.54) is 57.8 Å². The van der Waals surface area contributed by atoms with Crippen molar-refractivity contribution in [3.63, 3.8) is 0 Å². The third-order valence-corrected chi connectivity index (χ3v) is 5.03. The predicted molar refractivity (Wildman–Crippen MR) is 70.6 cm³/mol. The third kappa shape index (κ3) is 3.23. The van der Waals surface area contributed by atoms with Crippen molar-refractivity contribution in [3.05, 3.63) is 0 Å². The van der Waals surface area contributed by atoms with E-state index in [9.17, 15) is 0 Å². The first-order valence-corrected chi connectivity index (χ1v) is 7.55. The van der Waals surface area contributed by atoms with E-state index in [2.05, 4.69) is 19.2 Å². The van der Waals surface area contributed by atoms with Gasteiger partial charge in [-0.05, 0) is 57.3 Å². The molecular formula is C15H29N. The second kappa shape index (κ2) is 6.05. The molecule has 0 aromatic carbocycles. The summed E-state index contributed by atoms with van der Waals surface area (Å²) in [6.07, 6.45) is 13.1. The van der Waals surface area contributed by atoms with Crippen LogP contribution in [0.4, 0.5) is 0 Å². The minimum Gasteiger partial charge on any atom is -0.311 e. The minimum absolute atomic E-state index is 0.769. The lowest BCUT2D eigenvalue weighted by Gasteiger charge is -2.32. The Hall–Kier alpha value is -0.0400. The van der Waals surface area contributed by atoms with Gasteiger partial charge in [0.05, 0.1) is 0 Å². The molecule has 0 spiro atoms. The molecule has 2 aliphatic carbocycles. The Bertz CT molecular complexity index is 188. The summed E-state index contributed by atoms with van der Waals surface area (Å²) in [5.41, 5.74) is 0. The molecule has 2 fully saturated rings. The van der Waals surface area contributed by atoms with Crippen molar-refractivity contribution in [2.24, 2.45) is 11.8 Å². The Kier molecular flexibility index (Phi) is 4.69. The van der Waals surface area contributed by atoms with Gasteiger partial charge in [0.2, 0.25) is 0 Å². The minimum atomic E-state index is 0.769. The average molecular weight is 223 g/mol. The van der Waals surface area contributed by atoms with Gasteiger partial charge in [-0.1, -0.05) is 26.2 Å². The zero-order valence-electron chi connectivity index (χ0n) is 11.2. The maximum absolute atomic E-state index is 3.91. The van der Waals surface area contributed by atoms with Gasteiger partial charge in [-0.15, -0.1) is 0 Å². The second-order valence-electron chi connectivity index (χ2n) is 6.13. The van der Waals surface area contributed by atoms with E-state index in [1.807, 2.05) is 0 Å². The average Bonchev–Trinajstić information content (AvgIpc) is 2.83. The third-order valence-electron chi connectivity index (χ3n) is 5.03. The number of hydrogen-bond acceptors (Lipinski definition) is 1. The lowest BCUT2D eigenvalue weighted by molar-refractivity contribution is 0.249. The molecule has 1 N–H and O–H groups in total. The maximum atomic E-state index is 3.91. The van der Waals surface area contributed by atoms with Crippen molar-refractivity contribution in [2.75, 3.05) is 0 Å². The van der Waals surface area contributed by atoms with E-state index in [1.54, 1.807) is 0 Å². The Labute approximate surface area is 101 Å². The molecule has 1 heteroatoms. The van der Waals surface area contributed by atoms with Gasteiger partial charge in [-0.25, -0.2) is 0 Å². The van der Waals surface area contributed by atoms with Crippen LogP contribution in [0, 0.1) is 11.8 Å². The van der Waals surface area contributed by atoms with E-state index in [-0.39, 0.29) is 0 Å². The molecule has 0 heterocycles. The molecule has 0 radical (unpaired) electrons. The Morgan fingerprint density at radius 1 is 1.00 bits per heavy atom. The van der Waals surface area contributed by atoms with Crippen molar-refractivity contribution in [1.29, 1.82) is 0 Å². The van der Waals surface area contributed by atoms with Crippen molar-refractivity contribution in [2.45, 2.75) is 83.7 Å². The fourth-order valence-corrected chi connectivity index (χ4v) is 3.70. The highest BCUT2D eigenvalue weighted by Crippen LogP contribution is 2.30. The lowest BCUT2D eigenvalue weighted by atomic mass is 9.84. The fraction of sp³-hybridized carbons (Fsp3) is 1.00. The molecule has 2 rings (SSSR count). The smallest absolute Gasteiger partial charge is 0.00698 e. The monoisotopic (exact) mass is 223 g/mol. The van der Waals surface area contributed by atoms with Gasteiger partial charge in [0.15, 0.2) is 0 Å². The molecule has 1 atom stereocenters.